The molecule has 0 N–H and O–H groups in total. The van der Waals surface area contributed by atoms with Crippen LogP contribution in [0.2, 0.25) is 0 Å². The van der Waals surface area contributed by atoms with Gasteiger partial charge in [-0.3, -0.25) is 0 Å². The molecule has 0 aliphatic carbocycles. The first-order valence-corrected chi connectivity index (χ1v) is 5.43. The second-order valence-electron chi connectivity index (χ2n) is 3.40. The molecular formula is C11H14OS. The number of rotatable bonds is 1. The van der Waals surface area contributed by atoms with Crippen LogP contribution in [0.25, 0.3) is 5.57 Å². The Morgan fingerprint density at radius 3 is 2.77 bits per heavy atom. The van der Waals surface area contributed by atoms with Crippen molar-refractivity contribution in [3.05, 3.63) is 27.5 Å². The van der Waals surface area contributed by atoms with E-state index in [1.54, 1.807) is 0 Å². The SMILES string of the molecule is Cc1cc(C2=CCOCC2)sc1C. The Bertz CT molecular complexity index is 316. The molecule has 0 saturated heterocycles. The van der Waals surface area contributed by atoms with Crippen molar-refractivity contribution in [1.29, 1.82) is 0 Å². The Morgan fingerprint density at radius 1 is 1.38 bits per heavy atom. The van der Waals surface area contributed by atoms with Gasteiger partial charge in [-0.05, 0) is 37.5 Å². The second-order valence-corrected chi connectivity index (χ2v) is 4.66. The number of thiophene rings is 1. The molecule has 2 heteroatoms. The van der Waals surface area contributed by atoms with Gasteiger partial charge in [-0.15, -0.1) is 11.3 Å². The molecule has 1 nitrogen and oxygen atoms in total. The maximum atomic E-state index is 5.29. The van der Waals surface area contributed by atoms with E-state index in [9.17, 15) is 0 Å². The van der Waals surface area contributed by atoms with Crippen molar-refractivity contribution < 1.29 is 4.74 Å². The minimum absolute atomic E-state index is 0.783. The zero-order chi connectivity index (χ0) is 9.26. The molecule has 0 radical (unpaired) electrons. The normalized spacial score (nSPS) is 17.2. The van der Waals surface area contributed by atoms with E-state index in [0.29, 0.717) is 0 Å². The van der Waals surface area contributed by atoms with E-state index in [1.165, 1.54) is 20.9 Å². The lowest BCUT2D eigenvalue weighted by molar-refractivity contribution is 0.161. The molecule has 2 rings (SSSR count). The van der Waals surface area contributed by atoms with Crippen LogP contribution in [0.15, 0.2) is 12.1 Å². The van der Waals surface area contributed by atoms with Crippen molar-refractivity contribution in [2.45, 2.75) is 20.3 Å². The molecule has 1 aliphatic heterocycles. The summed E-state index contributed by atoms with van der Waals surface area (Å²) in [6, 6.07) is 2.29. The molecule has 13 heavy (non-hydrogen) atoms. The predicted molar refractivity (Wildman–Crippen MR) is 57.2 cm³/mol. The van der Waals surface area contributed by atoms with E-state index in [1.807, 2.05) is 11.3 Å². The van der Waals surface area contributed by atoms with Crippen LogP contribution in [0.3, 0.4) is 0 Å². The molecular weight excluding hydrogens is 180 g/mol. The molecule has 70 valence electrons. The van der Waals surface area contributed by atoms with Crippen molar-refractivity contribution in [2.24, 2.45) is 0 Å². The molecule has 0 unspecified atom stereocenters. The van der Waals surface area contributed by atoms with Gasteiger partial charge in [-0.25, -0.2) is 0 Å². The van der Waals surface area contributed by atoms with Crippen molar-refractivity contribution in [3.63, 3.8) is 0 Å². The summed E-state index contributed by atoms with van der Waals surface area (Å²) in [5, 5.41) is 0. The average Bonchev–Trinajstić information content (AvgIpc) is 2.49. The highest BCUT2D eigenvalue weighted by Gasteiger charge is 2.09. The highest BCUT2D eigenvalue weighted by molar-refractivity contribution is 7.13. The highest BCUT2D eigenvalue weighted by atomic mass is 32.1. The Morgan fingerprint density at radius 2 is 2.23 bits per heavy atom. The maximum absolute atomic E-state index is 5.29. The highest BCUT2D eigenvalue weighted by Crippen LogP contribution is 2.30. The number of aryl methyl sites for hydroxylation is 2. The average molecular weight is 194 g/mol. The molecule has 1 aliphatic rings. The molecule has 0 aromatic carbocycles. The first kappa shape index (κ1) is 8.97. The van der Waals surface area contributed by atoms with Crippen LogP contribution in [0, 0.1) is 13.8 Å². The summed E-state index contributed by atoms with van der Waals surface area (Å²) >= 11 is 1.90. The molecule has 0 atom stereocenters. The topological polar surface area (TPSA) is 9.23 Å². The smallest absolute Gasteiger partial charge is 0.0653 e. The Labute approximate surface area is 83.0 Å². The third kappa shape index (κ3) is 1.84. The van der Waals surface area contributed by atoms with E-state index < -0.39 is 0 Å². The molecule has 0 fully saturated rings. The van der Waals surface area contributed by atoms with Gasteiger partial charge >= 0.3 is 0 Å². The van der Waals surface area contributed by atoms with Gasteiger partial charge in [0.2, 0.25) is 0 Å². The number of hydrogen-bond donors (Lipinski definition) is 0. The van der Waals surface area contributed by atoms with Gasteiger partial charge in [0, 0.05) is 9.75 Å². The fourth-order valence-corrected chi connectivity index (χ4v) is 2.58. The van der Waals surface area contributed by atoms with Crippen molar-refractivity contribution in [2.75, 3.05) is 13.2 Å². The van der Waals surface area contributed by atoms with Crippen LogP contribution in [0.5, 0.6) is 0 Å². The zero-order valence-corrected chi connectivity index (χ0v) is 8.91. The van der Waals surface area contributed by atoms with Crippen LogP contribution in [0.4, 0.5) is 0 Å². The van der Waals surface area contributed by atoms with Crippen LogP contribution >= 0.6 is 11.3 Å². The predicted octanol–water partition coefficient (Wildman–Crippen LogP) is 3.17. The third-order valence-electron chi connectivity index (χ3n) is 2.45. The minimum Gasteiger partial charge on any atom is -0.377 e. The molecule has 0 saturated carbocycles. The van der Waals surface area contributed by atoms with Crippen molar-refractivity contribution in [3.8, 4) is 0 Å². The van der Waals surface area contributed by atoms with E-state index in [4.69, 9.17) is 4.74 Å². The molecule has 1 aromatic heterocycles. The third-order valence-corrected chi connectivity index (χ3v) is 3.67. The van der Waals surface area contributed by atoms with E-state index in [0.717, 1.165) is 19.6 Å². The van der Waals surface area contributed by atoms with Gasteiger partial charge in [-0.2, -0.15) is 0 Å². The van der Waals surface area contributed by atoms with Gasteiger partial charge in [0.05, 0.1) is 13.2 Å². The Kier molecular flexibility index (Phi) is 2.51. The standard InChI is InChI=1S/C11H14OS/c1-8-7-11(13-9(8)2)10-3-5-12-6-4-10/h3,7H,4-6H2,1-2H3. The van der Waals surface area contributed by atoms with Crippen LogP contribution in [-0.4, -0.2) is 13.2 Å². The summed E-state index contributed by atoms with van der Waals surface area (Å²) in [5.41, 5.74) is 2.87. The molecule has 0 amide bonds. The van der Waals surface area contributed by atoms with Gasteiger partial charge in [0.15, 0.2) is 0 Å². The summed E-state index contributed by atoms with van der Waals surface area (Å²) in [4.78, 5) is 2.86. The quantitative estimate of drug-likeness (QED) is 0.667. The van der Waals surface area contributed by atoms with Crippen LogP contribution in [0.1, 0.15) is 21.7 Å². The van der Waals surface area contributed by atoms with Crippen molar-refractivity contribution >= 4 is 16.9 Å². The van der Waals surface area contributed by atoms with Crippen LogP contribution in [-0.2, 0) is 4.74 Å². The Balaban J connectivity index is 2.29. The lowest BCUT2D eigenvalue weighted by Crippen LogP contribution is -2.02. The summed E-state index contributed by atoms with van der Waals surface area (Å²) in [6.07, 6.45) is 3.27. The summed E-state index contributed by atoms with van der Waals surface area (Å²) in [6.45, 7) is 6.02. The summed E-state index contributed by atoms with van der Waals surface area (Å²) < 4.78 is 5.29. The summed E-state index contributed by atoms with van der Waals surface area (Å²) in [7, 11) is 0. The van der Waals surface area contributed by atoms with Gasteiger partial charge in [0.1, 0.15) is 0 Å². The zero-order valence-electron chi connectivity index (χ0n) is 8.09. The van der Waals surface area contributed by atoms with Gasteiger partial charge in [-0.1, -0.05) is 6.08 Å². The first-order chi connectivity index (χ1) is 6.27. The summed E-state index contributed by atoms with van der Waals surface area (Å²) in [5.74, 6) is 0. The van der Waals surface area contributed by atoms with Gasteiger partial charge < -0.3 is 4.74 Å². The van der Waals surface area contributed by atoms with E-state index in [2.05, 4.69) is 26.0 Å². The minimum atomic E-state index is 0.783. The van der Waals surface area contributed by atoms with E-state index in [-0.39, 0.29) is 0 Å². The molecule has 1 aromatic rings. The molecule has 0 bridgehead atoms. The lowest BCUT2D eigenvalue weighted by Gasteiger charge is -2.11. The van der Waals surface area contributed by atoms with Crippen LogP contribution < -0.4 is 0 Å². The molecule has 2 heterocycles. The first-order valence-electron chi connectivity index (χ1n) is 4.61. The monoisotopic (exact) mass is 194 g/mol. The Hall–Kier alpha value is -0.600. The largest absolute Gasteiger partial charge is 0.377 e. The fraction of sp³-hybridized carbons (Fsp3) is 0.455. The number of hydrogen-bond acceptors (Lipinski definition) is 2. The molecule has 0 spiro atoms. The van der Waals surface area contributed by atoms with Crippen molar-refractivity contribution in [1.82, 2.24) is 0 Å². The maximum Gasteiger partial charge on any atom is 0.0653 e. The fourth-order valence-electron chi connectivity index (χ4n) is 1.48. The number of ether oxygens (including phenoxy) is 1. The van der Waals surface area contributed by atoms with E-state index >= 15 is 0 Å². The lowest BCUT2D eigenvalue weighted by atomic mass is 10.1. The van der Waals surface area contributed by atoms with Gasteiger partial charge in [0.25, 0.3) is 0 Å². The second kappa shape index (κ2) is 3.64.